The topological polar surface area (TPSA) is 84.3 Å². The van der Waals surface area contributed by atoms with Crippen LogP contribution in [0.5, 0.6) is 0 Å². The maximum absolute atomic E-state index is 13.1. The van der Waals surface area contributed by atoms with E-state index in [-0.39, 0.29) is 17.3 Å². The smallest absolute Gasteiger partial charge is 0.263 e. The van der Waals surface area contributed by atoms with Gasteiger partial charge in [0.1, 0.15) is 16.4 Å². The van der Waals surface area contributed by atoms with Crippen LogP contribution in [-0.4, -0.2) is 41.9 Å². The molecule has 1 aliphatic rings. The third-order valence-electron chi connectivity index (χ3n) is 5.30. The largest absolute Gasteiger partial charge is 0.341 e. The number of carbonyl (C=O) groups is 1. The second-order valence-corrected chi connectivity index (χ2v) is 10.4. The van der Waals surface area contributed by atoms with Gasteiger partial charge in [-0.15, -0.1) is 11.3 Å². The van der Waals surface area contributed by atoms with Gasteiger partial charge in [-0.2, -0.15) is 0 Å². The molecule has 1 amide bonds. The van der Waals surface area contributed by atoms with Crippen molar-refractivity contribution in [1.29, 1.82) is 0 Å². The van der Waals surface area contributed by atoms with Crippen molar-refractivity contribution in [3.05, 3.63) is 53.2 Å². The average Bonchev–Trinajstić information content (AvgIpc) is 3.35. The van der Waals surface area contributed by atoms with Gasteiger partial charge in [0, 0.05) is 36.0 Å². The van der Waals surface area contributed by atoms with Crippen LogP contribution in [0.25, 0.3) is 10.7 Å². The number of aromatic nitrogens is 2. The monoisotopic (exact) mass is 458 g/mol. The molecule has 0 aliphatic carbocycles. The first-order valence-electron chi connectivity index (χ1n) is 10.3. The molecule has 164 valence electrons. The summed E-state index contributed by atoms with van der Waals surface area (Å²) in [6.07, 6.45) is 4.70. The summed E-state index contributed by atoms with van der Waals surface area (Å²) in [6.45, 7) is 5.40. The van der Waals surface area contributed by atoms with E-state index in [9.17, 15) is 13.2 Å². The predicted octanol–water partition coefficient (Wildman–Crippen LogP) is 4.04. The molecular weight excluding hydrogens is 432 g/mol. The number of hydrogen-bond donors (Lipinski definition) is 1. The van der Waals surface area contributed by atoms with Crippen molar-refractivity contribution >= 4 is 33.0 Å². The number of hydrogen-bond acceptors (Lipinski definition) is 5. The van der Waals surface area contributed by atoms with E-state index in [0.29, 0.717) is 16.4 Å². The maximum atomic E-state index is 13.1. The SMILES string of the molecule is Cc1cccc(NS(=O)(=O)c2cc(-c3nc(C)cs3)n(CC(=O)N3CCCCC3)c2)c1. The second-order valence-electron chi connectivity index (χ2n) is 7.90. The Morgan fingerprint density at radius 3 is 2.61 bits per heavy atom. The lowest BCUT2D eigenvalue weighted by Gasteiger charge is -2.27. The van der Waals surface area contributed by atoms with Crippen LogP contribution < -0.4 is 4.72 Å². The summed E-state index contributed by atoms with van der Waals surface area (Å²) in [5.74, 6) is 0.000388. The molecule has 0 saturated carbocycles. The lowest BCUT2D eigenvalue weighted by Crippen LogP contribution is -2.37. The van der Waals surface area contributed by atoms with Crippen LogP contribution in [0.4, 0.5) is 5.69 Å². The minimum Gasteiger partial charge on any atom is -0.341 e. The number of rotatable bonds is 6. The third-order valence-corrected chi connectivity index (χ3v) is 7.64. The first kappa shape index (κ1) is 21.6. The Balaban J connectivity index is 1.66. The van der Waals surface area contributed by atoms with Gasteiger partial charge >= 0.3 is 0 Å². The van der Waals surface area contributed by atoms with Crippen LogP contribution in [0.3, 0.4) is 0 Å². The molecule has 1 aliphatic heterocycles. The highest BCUT2D eigenvalue weighted by Gasteiger charge is 2.24. The zero-order chi connectivity index (χ0) is 22.0. The minimum atomic E-state index is -3.81. The van der Waals surface area contributed by atoms with Crippen molar-refractivity contribution in [2.45, 2.75) is 44.6 Å². The molecule has 9 heteroatoms. The molecule has 7 nitrogen and oxygen atoms in total. The molecule has 3 heterocycles. The van der Waals surface area contributed by atoms with Gasteiger partial charge in [0.15, 0.2) is 0 Å². The van der Waals surface area contributed by atoms with E-state index >= 15 is 0 Å². The molecule has 0 unspecified atom stereocenters. The summed E-state index contributed by atoms with van der Waals surface area (Å²) in [6, 6.07) is 8.80. The molecule has 31 heavy (non-hydrogen) atoms. The fourth-order valence-corrected chi connectivity index (χ4v) is 5.64. The van der Waals surface area contributed by atoms with Crippen LogP contribution in [0.15, 0.2) is 46.8 Å². The van der Waals surface area contributed by atoms with Crippen molar-refractivity contribution in [1.82, 2.24) is 14.5 Å². The average molecular weight is 459 g/mol. The molecule has 1 fully saturated rings. The van der Waals surface area contributed by atoms with Crippen molar-refractivity contribution in [3.8, 4) is 10.7 Å². The number of benzene rings is 1. The van der Waals surface area contributed by atoms with Gasteiger partial charge < -0.3 is 9.47 Å². The number of anilines is 1. The van der Waals surface area contributed by atoms with Crippen LogP contribution in [-0.2, 0) is 21.4 Å². The maximum Gasteiger partial charge on any atom is 0.263 e. The molecule has 1 N–H and O–H groups in total. The second kappa shape index (κ2) is 8.84. The molecule has 0 atom stereocenters. The number of carbonyl (C=O) groups excluding carboxylic acids is 1. The van der Waals surface area contributed by atoms with Gasteiger partial charge in [-0.3, -0.25) is 9.52 Å². The van der Waals surface area contributed by atoms with E-state index in [1.807, 2.05) is 30.2 Å². The molecule has 4 rings (SSSR count). The van der Waals surface area contributed by atoms with Crippen LogP contribution in [0.1, 0.15) is 30.5 Å². The lowest BCUT2D eigenvalue weighted by atomic mass is 10.1. The highest BCUT2D eigenvalue weighted by Crippen LogP contribution is 2.29. The Bertz CT molecular complexity index is 1190. The van der Waals surface area contributed by atoms with Gasteiger partial charge in [-0.25, -0.2) is 13.4 Å². The number of sulfonamides is 1. The minimum absolute atomic E-state index is 0.000388. The van der Waals surface area contributed by atoms with E-state index in [4.69, 9.17) is 0 Å². The van der Waals surface area contributed by atoms with Gasteiger partial charge in [0.25, 0.3) is 10.0 Å². The lowest BCUT2D eigenvalue weighted by molar-refractivity contribution is -0.132. The van der Waals surface area contributed by atoms with Gasteiger partial charge in [0.05, 0.1) is 5.69 Å². The first-order chi connectivity index (χ1) is 14.8. The molecule has 2 aromatic heterocycles. The standard InChI is InChI=1S/C22H26N4O3S2/c1-16-7-6-8-18(11-16)24-31(28,29)19-12-20(22-23-17(2)15-30-22)26(13-19)14-21(27)25-9-4-3-5-10-25/h6-8,11-13,15,24H,3-5,9-10,14H2,1-2H3. The van der Waals surface area contributed by atoms with Crippen LogP contribution >= 0.6 is 11.3 Å². The van der Waals surface area contributed by atoms with E-state index in [1.54, 1.807) is 28.8 Å². The Kier molecular flexibility index (Phi) is 6.15. The number of nitrogens with one attached hydrogen (secondary N) is 1. The Morgan fingerprint density at radius 1 is 1.16 bits per heavy atom. The fraction of sp³-hybridized carbons (Fsp3) is 0.364. The van der Waals surface area contributed by atoms with Crippen molar-refractivity contribution in [3.63, 3.8) is 0 Å². The summed E-state index contributed by atoms with van der Waals surface area (Å²) in [7, 11) is -3.81. The first-order valence-corrected chi connectivity index (χ1v) is 12.7. The molecule has 1 aromatic carbocycles. The molecule has 0 bridgehead atoms. The Morgan fingerprint density at radius 2 is 1.94 bits per heavy atom. The zero-order valence-corrected chi connectivity index (χ0v) is 19.3. The zero-order valence-electron chi connectivity index (χ0n) is 17.7. The van der Waals surface area contributed by atoms with Crippen LogP contribution in [0, 0.1) is 13.8 Å². The van der Waals surface area contributed by atoms with E-state index < -0.39 is 10.0 Å². The summed E-state index contributed by atoms with van der Waals surface area (Å²) in [5.41, 5.74) is 2.96. The molecular formula is C22H26N4O3S2. The highest BCUT2D eigenvalue weighted by molar-refractivity contribution is 7.92. The highest BCUT2D eigenvalue weighted by atomic mass is 32.2. The number of thiazole rings is 1. The summed E-state index contributed by atoms with van der Waals surface area (Å²) >= 11 is 1.44. The number of piperidine rings is 1. The predicted molar refractivity (Wildman–Crippen MR) is 123 cm³/mol. The van der Waals surface area contributed by atoms with Crippen molar-refractivity contribution in [2.24, 2.45) is 0 Å². The van der Waals surface area contributed by atoms with Gasteiger partial charge in [0.2, 0.25) is 5.91 Å². The normalized spacial score (nSPS) is 14.6. The Labute approximate surface area is 186 Å². The summed E-state index contributed by atoms with van der Waals surface area (Å²) in [4.78, 5) is 19.4. The number of amides is 1. The Hall–Kier alpha value is -2.65. The molecule has 1 saturated heterocycles. The van der Waals surface area contributed by atoms with E-state index in [2.05, 4.69) is 9.71 Å². The quantitative estimate of drug-likeness (QED) is 0.604. The number of nitrogens with zero attached hydrogens (tertiary/aromatic N) is 3. The van der Waals surface area contributed by atoms with E-state index in [1.165, 1.54) is 17.5 Å². The van der Waals surface area contributed by atoms with Gasteiger partial charge in [-0.05, 0) is 56.9 Å². The van der Waals surface area contributed by atoms with Crippen molar-refractivity contribution < 1.29 is 13.2 Å². The van der Waals surface area contributed by atoms with Gasteiger partial charge in [-0.1, -0.05) is 12.1 Å². The van der Waals surface area contributed by atoms with E-state index in [0.717, 1.165) is 43.6 Å². The number of likely N-dealkylation sites (tertiary alicyclic amines) is 1. The summed E-state index contributed by atoms with van der Waals surface area (Å²) in [5, 5.41) is 2.61. The summed E-state index contributed by atoms with van der Waals surface area (Å²) < 4.78 is 30.5. The molecule has 0 spiro atoms. The molecule has 0 radical (unpaired) electrons. The fourth-order valence-electron chi connectivity index (χ4n) is 3.72. The van der Waals surface area contributed by atoms with Crippen molar-refractivity contribution in [2.75, 3.05) is 17.8 Å². The molecule has 3 aromatic rings. The third kappa shape index (κ3) is 4.99. The number of aryl methyl sites for hydroxylation is 2. The van der Waals surface area contributed by atoms with Crippen LogP contribution in [0.2, 0.25) is 0 Å².